The van der Waals surface area contributed by atoms with Gasteiger partial charge in [-0.25, -0.2) is 0 Å². The van der Waals surface area contributed by atoms with Crippen molar-refractivity contribution < 1.29 is 4.79 Å². The Bertz CT molecular complexity index is 355. The maximum absolute atomic E-state index is 11.8. The summed E-state index contributed by atoms with van der Waals surface area (Å²) in [5.74, 6) is 0.350. The first-order chi connectivity index (χ1) is 7.75. The van der Waals surface area contributed by atoms with Crippen molar-refractivity contribution >= 4 is 5.91 Å². The van der Waals surface area contributed by atoms with E-state index in [1.807, 2.05) is 13.2 Å². The topological polar surface area (TPSA) is 59.0 Å². The van der Waals surface area contributed by atoms with Gasteiger partial charge in [-0.3, -0.25) is 9.48 Å². The lowest BCUT2D eigenvalue weighted by molar-refractivity contribution is -0.125. The van der Waals surface area contributed by atoms with Gasteiger partial charge in [0.25, 0.3) is 0 Å². The number of carbonyl (C=O) groups is 1. The van der Waals surface area contributed by atoms with Gasteiger partial charge in [0.1, 0.15) is 0 Å². The minimum absolute atomic E-state index is 0.172. The van der Waals surface area contributed by atoms with Crippen molar-refractivity contribution in [1.82, 2.24) is 20.4 Å². The minimum Gasteiger partial charge on any atom is -0.352 e. The highest BCUT2D eigenvalue weighted by Crippen LogP contribution is 2.11. The quantitative estimate of drug-likeness (QED) is 0.759. The molecule has 1 fully saturated rings. The molecule has 0 aliphatic carbocycles. The third-order valence-electron chi connectivity index (χ3n) is 2.94. The summed E-state index contributed by atoms with van der Waals surface area (Å²) in [6.45, 7) is 2.48. The second-order valence-corrected chi connectivity index (χ2v) is 4.26. The van der Waals surface area contributed by atoms with E-state index >= 15 is 0 Å². The van der Waals surface area contributed by atoms with Crippen LogP contribution in [0.15, 0.2) is 12.4 Å². The van der Waals surface area contributed by atoms with Crippen LogP contribution in [0.4, 0.5) is 0 Å². The van der Waals surface area contributed by atoms with Crippen molar-refractivity contribution in [3.63, 3.8) is 0 Å². The van der Waals surface area contributed by atoms with Crippen molar-refractivity contribution in [2.45, 2.75) is 19.4 Å². The van der Waals surface area contributed by atoms with Gasteiger partial charge in [-0.15, -0.1) is 0 Å². The van der Waals surface area contributed by atoms with Crippen LogP contribution >= 0.6 is 0 Å². The smallest absolute Gasteiger partial charge is 0.223 e. The zero-order valence-electron chi connectivity index (χ0n) is 9.57. The van der Waals surface area contributed by atoms with E-state index in [2.05, 4.69) is 15.7 Å². The normalized spacial score (nSPS) is 17.3. The van der Waals surface area contributed by atoms with E-state index in [0.29, 0.717) is 6.54 Å². The summed E-state index contributed by atoms with van der Waals surface area (Å²) < 4.78 is 1.74. The Morgan fingerprint density at radius 3 is 3.00 bits per heavy atom. The molecule has 0 bridgehead atoms. The lowest BCUT2D eigenvalue weighted by Gasteiger charge is -2.21. The van der Waals surface area contributed by atoms with Crippen LogP contribution in [0.2, 0.25) is 0 Å². The Kier molecular flexibility index (Phi) is 3.56. The number of nitrogens with zero attached hydrogens (tertiary/aromatic N) is 2. The Morgan fingerprint density at radius 2 is 2.38 bits per heavy atom. The molecule has 1 aliphatic heterocycles. The van der Waals surface area contributed by atoms with E-state index < -0.39 is 0 Å². The summed E-state index contributed by atoms with van der Waals surface area (Å²) in [6, 6.07) is 0. The molecule has 2 heterocycles. The number of amides is 1. The van der Waals surface area contributed by atoms with Crippen LogP contribution in [-0.4, -0.2) is 28.8 Å². The minimum atomic E-state index is 0.172. The molecule has 0 spiro atoms. The van der Waals surface area contributed by atoms with E-state index in [9.17, 15) is 4.79 Å². The second-order valence-electron chi connectivity index (χ2n) is 4.26. The number of hydrogen-bond acceptors (Lipinski definition) is 3. The van der Waals surface area contributed by atoms with Gasteiger partial charge in [-0.05, 0) is 25.9 Å². The number of carbonyl (C=O) groups excluding carboxylic acids is 1. The van der Waals surface area contributed by atoms with Crippen molar-refractivity contribution in [2.24, 2.45) is 13.0 Å². The first kappa shape index (κ1) is 11.1. The van der Waals surface area contributed by atoms with Gasteiger partial charge < -0.3 is 10.6 Å². The summed E-state index contributed by atoms with van der Waals surface area (Å²) in [5.41, 5.74) is 1.05. The van der Waals surface area contributed by atoms with Crippen LogP contribution < -0.4 is 10.6 Å². The zero-order valence-corrected chi connectivity index (χ0v) is 9.57. The molecule has 0 atom stereocenters. The van der Waals surface area contributed by atoms with Crippen LogP contribution in [0.3, 0.4) is 0 Å². The summed E-state index contributed by atoms with van der Waals surface area (Å²) in [6.07, 6.45) is 5.59. The standard InChI is InChI=1S/C11H18N4O/c1-15-8-9(7-14-15)6-13-11(16)10-2-4-12-5-3-10/h7-8,10,12H,2-6H2,1H3,(H,13,16). The van der Waals surface area contributed by atoms with Crippen LogP contribution in [0, 0.1) is 5.92 Å². The fourth-order valence-electron chi connectivity index (χ4n) is 1.98. The van der Waals surface area contributed by atoms with Crippen molar-refractivity contribution in [3.8, 4) is 0 Å². The molecule has 16 heavy (non-hydrogen) atoms. The van der Waals surface area contributed by atoms with E-state index in [1.54, 1.807) is 10.9 Å². The second kappa shape index (κ2) is 5.12. The molecule has 0 saturated carbocycles. The molecule has 5 heteroatoms. The Labute approximate surface area is 95.2 Å². The van der Waals surface area contributed by atoms with Gasteiger partial charge >= 0.3 is 0 Å². The Morgan fingerprint density at radius 1 is 1.62 bits per heavy atom. The van der Waals surface area contributed by atoms with Crippen LogP contribution in [-0.2, 0) is 18.4 Å². The first-order valence-electron chi connectivity index (χ1n) is 5.71. The van der Waals surface area contributed by atoms with E-state index in [-0.39, 0.29) is 11.8 Å². The predicted molar refractivity (Wildman–Crippen MR) is 60.6 cm³/mol. The lowest BCUT2D eigenvalue weighted by Crippen LogP contribution is -2.37. The third kappa shape index (κ3) is 2.82. The molecule has 0 unspecified atom stereocenters. The predicted octanol–water partition coefficient (Wildman–Crippen LogP) is 0.0359. The van der Waals surface area contributed by atoms with Crippen LogP contribution in [0.25, 0.3) is 0 Å². The molecule has 5 nitrogen and oxygen atoms in total. The number of aryl methyl sites for hydroxylation is 1. The molecular formula is C11H18N4O. The number of nitrogens with one attached hydrogen (secondary N) is 2. The van der Waals surface area contributed by atoms with Gasteiger partial charge in [0.05, 0.1) is 6.20 Å². The molecule has 1 saturated heterocycles. The summed E-state index contributed by atoms with van der Waals surface area (Å²) in [7, 11) is 1.87. The third-order valence-corrected chi connectivity index (χ3v) is 2.94. The molecule has 1 amide bonds. The van der Waals surface area contributed by atoms with Crippen LogP contribution in [0.1, 0.15) is 18.4 Å². The molecule has 1 aromatic rings. The SMILES string of the molecule is Cn1cc(CNC(=O)C2CCNCC2)cn1. The molecule has 2 N–H and O–H groups in total. The highest BCUT2D eigenvalue weighted by molar-refractivity contribution is 5.78. The van der Waals surface area contributed by atoms with Gasteiger partial charge in [0, 0.05) is 31.3 Å². The fourth-order valence-corrected chi connectivity index (χ4v) is 1.98. The average Bonchev–Trinajstić information content (AvgIpc) is 2.73. The maximum Gasteiger partial charge on any atom is 0.223 e. The summed E-state index contributed by atoms with van der Waals surface area (Å²) in [5, 5.41) is 10.3. The van der Waals surface area contributed by atoms with Gasteiger partial charge in [-0.1, -0.05) is 0 Å². The van der Waals surface area contributed by atoms with Crippen molar-refractivity contribution in [3.05, 3.63) is 18.0 Å². The van der Waals surface area contributed by atoms with Gasteiger partial charge in [-0.2, -0.15) is 5.10 Å². The Hall–Kier alpha value is -1.36. The highest BCUT2D eigenvalue weighted by atomic mass is 16.1. The van der Waals surface area contributed by atoms with Crippen molar-refractivity contribution in [1.29, 1.82) is 0 Å². The van der Waals surface area contributed by atoms with Crippen LogP contribution in [0.5, 0.6) is 0 Å². The van der Waals surface area contributed by atoms with E-state index in [4.69, 9.17) is 0 Å². The molecule has 0 aromatic carbocycles. The molecule has 1 aromatic heterocycles. The first-order valence-corrected chi connectivity index (χ1v) is 5.71. The number of aromatic nitrogens is 2. The zero-order chi connectivity index (χ0) is 11.4. The molecule has 88 valence electrons. The average molecular weight is 222 g/mol. The number of rotatable bonds is 3. The summed E-state index contributed by atoms with van der Waals surface area (Å²) >= 11 is 0. The van der Waals surface area contributed by atoms with Crippen molar-refractivity contribution in [2.75, 3.05) is 13.1 Å². The van der Waals surface area contributed by atoms with E-state index in [1.165, 1.54) is 0 Å². The van der Waals surface area contributed by atoms with Gasteiger partial charge in [0.2, 0.25) is 5.91 Å². The molecule has 0 radical (unpaired) electrons. The molecular weight excluding hydrogens is 204 g/mol. The Balaban J connectivity index is 1.78. The lowest BCUT2D eigenvalue weighted by atomic mass is 9.97. The largest absolute Gasteiger partial charge is 0.352 e. The number of piperidine rings is 1. The monoisotopic (exact) mass is 222 g/mol. The summed E-state index contributed by atoms with van der Waals surface area (Å²) in [4.78, 5) is 11.8. The number of hydrogen-bond donors (Lipinski definition) is 2. The highest BCUT2D eigenvalue weighted by Gasteiger charge is 2.20. The molecule has 2 rings (SSSR count). The van der Waals surface area contributed by atoms with Gasteiger partial charge in [0.15, 0.2) is 0 Å². The maximum atomic E-state index is 11.8. The fraction of sp³-hybridized carbons (Fsp3) is 0.636. The molecule has 1 aliphatic rings. The van der Waals surface area contributed by atoms with E-state index in [0.717, 1.165) is 31.5 Å².